The number of hydrogen-bond acceptors (Lipinski definition) is 5. The summed E-state index contributed by atoms with van der Waals surface area (Å²) in [6, 6.07) is 8.31. The van der Waals surface area contributed by atoms with Gasteiger partial charge in [0.25, 0.3) is 0 Å². The number of thiophene rings is 1. The third-order valence-corrected chi connectivity index (χ3v) is 7.73. The van der Waals surface area contributed by atoms with Gasteiger partial charge in [0.1, 0.15) is 5.00 Å². The van der Waals surface area contributed by atoms with Gasteiger partial charge in [0.2, 0.25) is 5.91 Å². The van der Waals surface area contributed by atoms with Crippen LogP contribution in [0.4, 0.5) is 5.00 Å². The predicted octanol–water partition coefficient (Wildman–Crippen LogP) is 5.90. The number of fused-ring (bicyclic) bond motifs is 2. The second kappa shape index (κ2) is 9.92. The van der Waals surface area contributed by atoms with Crippen molar-refractivity contribution in [3.63, 3.8) is 0 Å². The average Bonchev–Trinajstić information content (AvgIpc) is 3.31. The van der Waals surface area contributed by atoms with Gasteiger partial charge in [-0.2, -0.15) is 0 Å². The summed E-state index contributed by atoms with van der Waals surface area (Å²) in [5.74, 6) is -0.126. The molecule has 0 saturated carbocycles. The molecule has 5 nitrogen and oxygen atoms in total. The molecule has 2 heterocycles. The van der Waals surface area contributed by atoms with Gasteiger partial charge < -0.3 is 14.6 Å². The van der Waals surface area contributed by atoms with Gasteiger partial charge in [-0.25, -0.2) is 4.79 Å². The van der Waals surface area contributed by atoms with E-state index in [1.54, 1.807) is 6.92 Å². The Balaban J connectivity index is 1.50. The summed E-state index contributed by atoms with van der Waals surface area (Å²) in [6.07, 6.45) is 7.24. The van der Waals surface area contributed by atoms with Gasteiger partial charge >= 0.3 is 5.97 Å². The van der Waals surface area contributed by atoms with Crippen LogP contribution in [-0.4, -0.2) is 28.8 Å². The number of carbonyl (C=O) groups is 2. The number of nitrogens with zero attached hydrogens (tertiary/aromatic N) is 1. The molecule has 164 valence electrons. The molecular weight excluding hydrogens is 428 g/mol. The molecule has 0 saturated heterocycles. The number of anilines is 1. The Hall–Kier alpha value is -2.25. The molecule has 0 spiro atoms. The summed E-state index contributed by atoms with van der Waals surface area (Å²) in [5, 5.41) is 4.83. The van der Waals surface area contributed by atoms with Crippen LogP contribution >= 0.6 is 23.1 Å². The first kappa shape index (κ1) is 22.0. The molecule has 1 amide bonds. The van der Waals surface area contributed by atoms with Crippen molar-refractivity contribution in [3.8, 4) is 0 Å². The summed E-state index contributed by atoms with van der Waals surface area (Å²) >= 11 is 3.07. The maximum Gasteiger partial charge on any atom is 0.341 e. The monoisotopic (exact) mass is 456 g/mol. The van der Waals surface area contributed by atoms with E-state index < -0.39 is 0 Å². The van der Waals surface area contributed by atoms with E-state index in [0.29, 0.717) is 22.9 Å². The smallest absolute Gasteiger partial charge is 0.341 e. The van der Waals surface area contributed by atoms with E-state index in [1.807, 2.05) is 12.1 Å². The minimum atomic E-state index is -0.326. The SMILES string of the molecule is CCCn1cc(SCC(=O)Nc2sc3c(c2C(=O)OCC)CCCC3)c2ccccc21. The third-order valence-electron chi connectivity index (χ3n) is 5.48. The highest BCUT2D eigenvalue weighted by atomic mass is 32.2. The molecule has 7 heteroatoms. The molecule has 0 radical (unpaired) electrons. The number of aryl methyl sites for hydroxylation is 2. The number of nitrogens with one attached hydrogen (secondary N) is 1. The molecule has 1 aromatic carbocycles. The van der Waals surface area contributed by atoms with Crippen LogP contribution < -0.4 is 5.32 Å². The summed E-state index contributed by atoms with van der Waals surface area (Å²) < 4.78 is 7.54. The normalized spacial score (nSPS) is 13.2. The molecule has 31 heavy (non-hydrogen) atoms. The van der Waals surface area contributed by atoms with Gasteiger partial charge in [-0.3, -0.25) is 4.79 Å². The topological polar surface area (TPSA) is 60.3 Å². The van der Waals surface area contributed by atoms with Crippen molar-refractivity contribution in [3.05, 3.63) is 46.5 Å². The van der Waals surface area contributed by atoms with Crippen molar-refractivity contribution >= 4 is 50.9 Å². The predicted molar refractivity (Wildman–Crippen MR) is 129 cm³/mol. The number of thioether (sulfide) groups is 1. The van der Waals surface area contributed by atoms with E-state index in [4.69, 9.17) is 4.74 Å². The molecule has 1 aliphatic carbocycles. The minimum absolute atomic E-state index is 0.0959. The molecule has 0 atom stereocenters. The fraction of sp³-hybridized carbons (Fsp3) is 0.417. The molecule has 1 aliphatic rings. The molecule has 2 aromatic heterocycles. The zero-order valence-electron chi connectivity index (χ0n) is 18.0. The number of rotatable bonds is 8. The number of esters is 1. The molecular formula is C24H28N2O3S2. The van der Waals surface area contributed by atoms with E-state index in [-0.39, 0.29) is 11.9 Å². The summed E-state index contributed by atoms with van der Waals surface area (Å²) in [7, 11) is 0. The van der Waals surface area contributed by atoms with Crippen LogP contribution in [0.3, 0.4) is 0 Å². The maximum absolute atomic E-state index is 12.8. The van der Waals surface area contributed by atoms with E-state index in [0.717, 1.165) is 49.1 Å². The number of benzene rings is 1. The number of para-hydroxylation sites is 1. The Morgan fingerprint density at radius 2 is 2.00 bits per heavy atom. The van der Waals surface area contributed by atoms with Crippen molar-refractivity contribution in [2.24, 2.45) is 0 Å². The third kappa shape index (κ3) is 4.67. The van der Waals surface area contributed by atoms with Gasteiger partial charge in [0.05, 0.1) is 17.9 Å². The highest BCUT2D eigenvalue weighted by Gasteiger charge is 2.27. The van der Waals surface area contributed by atoms with Gasteiger partial charge in [-0.1, -0.05) is 25.1 Å². The van der Waals surface area contributed by atoms with E-state index in [1.165, 1.54) is 38.9 Å². The van der Waals surface area contributed by atoms with Gasteiger partial charge in [0, 0.05) is 33.4 Å². The fourth-order valence-electron chi connectivity index (χ4n) is 4.13. The lowest BCUT2D eigenvalue weighted by Crippen LogP contribution is -2.17. The number of aromatic nitrogens is 1. The van der Waals surface area contributed by atoms with Crippen LogP contribution in [-0.2, 0) is 28.9 Å². The van der Waals surface area contributed by atoms with Crippen LogP contribution in [0, 0.1) is 0 Å². The zero-order valence-corrected chi connectivity index (χ0v) is 19.7. The van der Waals surface area contributed by atoms with Crippen molar-refractivity contribution < 1.29 is 14.3 Å². The maximum atomic E-state index is 12.8. The van der Waals surface area contributed by atoms with Crippen molar-refractivity contribution in [1.82, 2.24) is 4.57 Å². The highest BCUT2D eigenvalue weighted by Crippen LogP contribution is 2.39. The number of amides is 1. The Morgan fingerprint density at radius 1 is 1.19 bits per heavy atom. The molecule has 0 bridgehead atoms. The minimum Gasteiger partial charge on any atom is -0.462 e. The number of carbonyl (C=O) groups excluding carboxylic acids is 2. The van der Waals surface area contributed by atoms with Crippen molar-refractivity contribution in [1.29, 1.82) is 0 Å². The van der Waals surface area contributed by atoms with E-state index in [2.05, 4.69) is 35.1 Å². The Labute approximate surface area is 191 Å². The molecule has 4 rings (SSSR count). The van der Waals surface area contributed by atoms with Crippen LogP contribution in [0.25, 0.3) is 10.9 Å². The fourth-order valence-corrected chi connectivity index (χ4v) is 6.32. The van der Waals surface area contributed by atoms with E-state index >= 15 is 0 Å². The summed E-state index contributed by atoms with van der Waals surface area (Å²) in [4.78, 5) is 27.7. The Kier molecular flexibility index (Phi) is 7.02. The van der Waals surface area contributed by atoms with Gasteiger partial charge in [-0.15, -0.1) is 23.1 Å². The van der Waals surface area contributed by atoms with E-state index in [9.17, 15) is 9.59 Å². The van der Waals surface area contributed by atoms with Crippen LogP contribution in [0.5, 0.6) is 0 Å². The lowest BCUT2D eigenvalue weighted by atomic mass is 9.95. The van der Waals surface area contributed by atoms with Gasteiger partial charge in [0.15, 0.2) is 0 Å². The van der Waals surface area contributed by atoms with Crippen molar-refractivity contribution in [2.75, 3.05) is 17.7 Å². The second-order valence-electron chi connectivity index (χ2n) is 7.68. The molecule has 0 fully saturated rings. The molecule has 0 unspecified atom stereocenters. The first-order valence-electron chi connectivity index (χ1n) is 10.9. The van der Waals surface area contributed by atoms with Gasteiger partial charge in [-0.05, 0) is 50.7 Å². The van der Waals surface area contributed by atoms with Crippen LogP contribution in [0.15, 0.2) is 35.4 Å². The summed E-state index contributed by atoms with van der Waals surface area (Å²) in [5.41, 5.74) is 2.84. The lowest BCUT2D eigenvalue weighted by Gasteiger charge is -2.12. The van der Waals surface area contributed by atoms with Crippen molar-refractivity contribution in [2.45, 2.75) is 57.4 Å². The molecule has 1 N–H and O–H groups in total. The first-order valence-corrected chi connectivity index (χ1v) is 12.7. The van der Waals surface area contributed by atoms with Crippen LogP contribution in [0.1, 0.15) is 53.9 Å². The quantitative estimate of drug-likeness (QED) is 0.339. The number of hydrogen-bond donors (Lipinski definition) is 1. The van der Waals surface area contributed by atoms with Crippen LogP contribution in [0.2, 0.25) is 0 Å². The Morgan fingerprint density at radius 3 is 2.81 bits per heavy atom. The lowest BCUT2D eigenvalue weighted by molar-refractivity contribution is -0.113. The first-order chi connectivity index (χ1) is 15.1. The summed E-state index contributed by atoms with van der Waals surface area (Å²) in [6.45, 7) is 5.25. The zero-order chi connectivity index (χ0) is 21.8. The highest BCUT2D eigenvalue weighted by molar-refractivity contribution is 8.00. The number of ether oxygens (including phenoxy) is 1. The molecule has 0 aliphatic heterocycles. The second-order valence-corrected chi connectivity index (χ2v) is 9.80. The average molecular weight is 457 g/mol. The largest absolute Gasteiger partial charge is 0.462 e. The molecule has 3 aromatic rings. The Bertz CT molecular complexity index is 1100. The standard InChI is InChI=1S/C24H28N2O3S2/c1-3-13-26-14-20(16-9-5-7-11-18(16)26)30-15-21(27)25-23-22(24(28)29-4-2)17-10-6-8-12-19(17)31-23/h5,7,9,11,14H,3-4,6,8,10,12-13,15H2,1-2H3,(H,25,27).